The van der Waals surface area contributed by atoms with Crippen molar-refractivity contribution in [1.29, 1.82) is 0 Å². The van der Waals surface area contributed by atoms with Crippen molar-refractivity contribution in [2.24, 2.45) is 0 Å². The molecule has 3 rings (SSSR count). The molecule has 0 N–H and O–H groups in total. The van der Waals surface area contributed by atoms with Crippen LogP contribution in [0.2, 0.25) is 0 Å². The largest absolute Gasteiger partial charge is 0.236 e. The van der Waals surface area contributed by atoms with E-state index in [0.717, 1.165) is 26.9 Å². The second-order valence-electron chi connectivity index (χ2n) is 4.13. The zero-order valence-corrected chi connectivity index (χ0v) is 11.3. The highest BCUT2D eigenvalue weighted by Gasteiger charge is 2.12. The maximum atomic E-state index is 12.9. The normalized spacial score (nSPS) is 11.1. The number of fused-ring (bicyclic) bond motifs is 1. The molecule has 0 saturated heterocycles. The molecule has 1 aromatic carbocycles. The Hall–Kier alpha value is -1.68. The number of hydrogen-bond donors (Lipinski definition) is 0. The van der Waals surface area contributed by atoms with Gasteiger partial charge in [0, 0.05) is 11.3 Å². The second-order valence-corrected chi connectivity index (χ2v) is 4.93. The number of hydrogen-bond acceptors (Lipinski definition) is 1. The first-order valence-corrected chi connectivity index (χ1v) is 6.36. The highest BCUT2D eigenvalue weighted by atomic mass is 79.9. The summed E-state index contributed by atoms with van der Waals surface area (Å²) in [7, 11) is 0. The average molecular weight is 305 g/mol. The van der Waals surface area contributed by atoms with Crippen LogP contribution in [0.25, 0.3) is 16.8 Å². The molecule has 2 aromatic heterocycles. The molecule has 0 bridgehead atoms. The Morgan fingerprint density at radius 1 is 1.11 bits per heavy atom. The minimum Gasteiger partial charge on any atom is -0.236 e. The van der Waals surface area contributed by atoms with Crippen molar-refractivity contribution in [3.8, 4) is 11.3 Å². The molecule has 90 valence electrons. The minimum absolute atomic E-state index is 0.241. The van der Waals surface area contributed by atoms with Crippen molar-refractivity contribution >= 4 is 21.4 Å². The van der Waals surface area contributed by atoms with E-state index < -0.39 is 0 Å². The van der Waals surface area contributed by atoms with E-state index in [-0.39, 0.29) is 5.82 Å². The number of halogens is 2. The summed E-state index contributed by atoms with van der Waals surface area (Å²) in [6.07, 6.45) is 0. The summed E-state index contributed by atoms with van der Waals surface area (Å²) in [5.41, 5.74) is 3.78. The first-order valence-electron chi connectivity index (χ1n) is 5.56. The molecule has 18 heavy (non-hydrogen) atoms. The van der Waals surface area contributed by atoms with Crippen molar-refractivity contribution in [1.82, 2.24) is 9.61 Å². The Morgan fingerprint density at radius 3 is 2.50 bits per heavy atom. The van der Waals surface area contributed by atoms with Gasteiger partial charge in [0.05, 0.1) is 9.99 Å². The second kappa shape index (κ2) is 4.21. The van der Waals surface area contributed by atoms with Gasteiger partial charge < -0.3 is 0 Å². The predicted octanol–water partition coefficient (Wildman–Crippen LogP) is 4.21. The van der Waals surface area contributed by atoms with E-state index in [0.29, 0.717) is 0 Å². The maximum Gasteiger partial charge on any atom is 0.123 e. The summed E-state index contributed by atoms with van der Waals surface area (Å²) < 4.78 is 15.7. The molecule has 0 aliphatic rings. The molecule has 0 amide bonds. The van der Waals surface area contributed by atoms with Gasteiger partial charge in [-0.25, -0.2) is 8.91 Å². The lowest BCUT2D eigenvalue weighted by Crippen LogP contribution is -1.91. The molecular formula is C14H10BrFN2. The van der Waals surface area contributed by atoms with Crippen LogP contribution in [0.3, 0.4) is 0 Å². The molecule has 0 aliphatic carbocycles. The van der Waals surface area contributed by atoms with Gasteiger partial charge in [-0.05, 0) is 59.3 Å². The minimum atomic E-state index is -0.241. The van der Waals surface area contributed by atoms with Crippen LogP contribution < -0.4 is 0 Å². The fourth-order valence-corrected chi connectivity index (χ4v) is 2.57. The molecule has 0 fully saturated rings. The van der Waals surface area contributed by atoms with Crippen molar-refractivity contribution in [2.75, 3.05) is 0 Å². The fourth-order valence-electron chi connectivity index (χ4n) is 1.97. The van der Waals surface area contributed by atoms with Gasteiger partial charge in [-0.1, -0.05) is 6.07 Å². The molecule has 0 radical (unpaired) electrons. The summed E-state index contributed by atoms with van der Waals surface area (Å²) in [5.74, 6) is -0.241. The quantitative estimate of drug-likeness (QED) is 0.658. The van der Waals surface area contributed by atoms with E-state index in [1.165, 1.54) is 12.1 Å². The van der Waals surface area contributed by atoms with E-state index in [9.17, 15) is 4.39 Å². The molecule has 3 aromatic rings. The Morgan fingerprint density at radius 2 is 1.83 bits per heavy atom. The van der Waals surface area contributed by atoms with Crippen molar-refractivity contribution in [3.05, 3.63) is 58.4 Å². The highest BCUT2D eigenvalue weighted by Crippen LogP contribution is 2.31. The van der Waals surface area contributed by atoms with Crippen LogP contribution in [0.4, 0.5) is 4.39 Å². The zero-order valence-electron chi connectivity index (χ0n) is 9.69. The van der Waals surface area contributed by atoms with Crippen LogP contribution in [0.1, 0.15) is 5.69 Å². The van der Waals surface area contributed by atoms with Crippen molar-refractivity contribution in [2.45, 2.75) is 6.92 Å². The standard InChI is InChI=1S/C14H10BrFN2/c1-9-3-2-4-12-13(15)14(17-18(9)12)10-5-7-11(16)8-6-10/h2-8H,1H3. The van der Waals surface area contributed by atoms with Gasteiger partial charge in [-0.3, -0.25) is 0 Å². The van der Waals surface area contributed by atoms with Crippen molar-refractivity contribution in [3.63, 3.8) is 0 Å². The Bertz CT molecular complexity index is 716. The van der Waals surface area contributed by atoms with Gasteiger partial charge in [0.2, 0.25) is 0 Å². The Kier molecular flexibility index (Phi) is 2.67. The molecule has 4 heteroatoms. The van der Waals surface area contributed by atoms with Crippen LogP contribution in [-0.2, 0) is 0 Å². The maximum absolute atomic E-state index is 12.9. The number of pyridine rings is 1. The zero-order chi connectivity index (χ0) is 12.7. The molecular weight excluding hydrogens is 295 g/mol. The van der Waals surface area contributed by atoms with Gasteiger partial charge in [0.15, 0.2) is 0 Å². The van der Waals surface area contributed by atoms with Crippen LogP contribution >= 0.6 is 15.9 Å². The number of benzene rings is 1. The van der Waals surface area contributed by atoms with Crippen LogP contribution in [0.15, 0.2) is 46.9 Å². The summed E-state index contributed by atoms with van der Waals surface area (Å²) >= 11 is 3.56. The number of nitrogens with zero attached hydrogens (tertiary/aromatic N) is 2. The third-order valence-corrected chi connectivity index (χ3v) is 3.69. The molecule has 2 nitrogen and oxygen atoms in total. The molecule has 0 saturated carbocycles. The van der Waals surface area contributed by atoms with E-state index in [2.05, 4.69) is 21.0 Å². The topological polar surface area (TPSA) is 17.3 Å². The van der Waals surface area contributed by atoms with E-state index in [4.69, 9.17) is 0 Å². The third-order valence-electron chi connectivity index (χ3n) is 2.90. The third kappa shape index (κ3) is 1.73. The highest BCUT2D eigenvalue weighted by molar-refractivity contribution is 9.10. The number of aryl methyl sites for hydroxylation is 1. The van der Waals surface area contributed by atoms with Gasteiger partial charge in [-0.2, -0.15) is 5.10 Å². The molecule has 0 spiro atoms. The molecule has 0 unspecified atom stereocenters. The van der Waals surface area contributed by atoms with Crippen LogP contribution in [0, 0.1) is 12.7 Å². The van der Waals surface area contributed by atoms with Gasteiger partial charge >= 0.3 is 0 Å². The summed E-state index contributed by atoms with van der Waals surface area (Å²) in [6, 6.07) is 12.3. The Labute approximate surface area is 112 Å². The predicted molar refractivity (Wildman–Crippen MR) is 73.0 cm³/mol. The Balaban J connectivity index is 2.27. The molecule has 2 heterocycles. The average Bonchev–Trinajstić information content (AvgIpc) is 2.70. The summed E-state index contributed by atoms with van der Waals surface area (Å²) in [6.45, 7) is 2.00. The van der Waals surface area contributed by atoms with Gasteiger partial charge in [0.1, 0.15) is 11.5 Å². The number of aromatic nitrogens is 2. The monoisotopic (exact) mass is 304 g/mol. The summed E-state index contributed by atoms with van der Waals surface area (Å²) in [5, 5.41) is 4.56. The number of rotatable bonds is 1. The van der Waals surface area contributed by atoms with E-state index >= 15 is 0 Å². The van der Waals surface area contributed by atoms with Crippen molar-refractivity contribution < 1.29 is 4.39 Å². The smallest absolute Gasteiger partial charge is 0.123 e. The lowest BCUT2D eigenvalue weighted by Gasteiger charge is -1.97. The first kappa shape index (κ1) is 11.4. The lowest BCUT2D eigenvalue weighted by molar-refractivity contribution is 0.628. The van der Waals surface area contributed by atoms with E-state index in [1.54, 1.807) is 12.1 Å². The SMILES string of the molecule is Cc1cccc2c(Br)c(-c3ccc(F)cc3)nn12. The van der Waals surface area contributed by atoms with Crippen LogP contribution in [-0.4, -0.2) is 9.61 Å². The lowest BCUT2D eigenvalue weighted by atomic mass is 10.1. The summed E-state index contributed by atoms with van der Waals surface area (Å²) in [4.78, 5) is 0. The fraction of sp³-hybridized carbons (Fsp3) is 0.0714. The molecule has 0 atom stereocenters. The van der Waals surface area contributed by atoms with Crippen LogP contribution in [0.5, 0.6) is 0 Å². The van der Waals surface area contributed by atoms with Gasteiger partial charge in [0.25, 0.3) is 0 Å². The molecule has 0 aliphatic heterocycles. The first-order chi connectivity index (χ1) is 8.66. The van der Waals surface area contributed by atoms with E-state index in [1.807, 2.05) is 29.6 Å². The van der Waals surface area contributed by atoms with Gasteiger partial charge in [-0.15, -0.1) is 0 Å².